The smallest absolute Gasteiger partial charge is 0.318 e. The Bertz CT molecular complexity index is 1230. The number of methoxy groups -OCH3 is 1. The van der Waals surface area contributed by atoms with Crippen LogP contribution in [0.15, 0.2) is 46.0 Å². The molecular formula is C19H18N4O6. The molecule has 150 valence electrons. The molecule has 10 nitrogen and oxygen atoms in total. The van der Waals surface area contributed by atoms with Crippen molar-refractivity contribution < 1.29 is 14.5 Å². The average Bonchev–Trinajstić information content (AvgIpc) is 2.70. The van der Waals surface area contributed by atoms with Gasteiger partial charge in [-0.3, -0.25) is 29.1 Å². The van der Waals surface area contributed by atoms with Crippen LogP contribution in [0.25, 0.3) is 11.0 Å². The van der Waals surface area contributed by atoms with Crippen molar-refractivity contribution in [1.82, 2.24) is 14.5 Å². The number of amides is 1. The second-order valence-electron chi connectivity index (χ2n) is 6.47. The third kappa shape index (κ3) is 3.72. The van der Waals surface area contributed by atoms with Crippen LogP contribution in [0.4, 0.5) is 5.69 Å². The number of aromatic nitrogens is 2. The van der Waals surface area contributed by atoms with E-state index in [1.54, 1.807) is 24.3 Å². The van der Waals surface area contributed by atoms with Gasteiger partial charge in [-0.15, -0.1) is 0 Å². The van der Waals surface area contributed by atoms with Gasteiger partial charge in [0.25, 0.3) is 11.6 Å². The number of benzene rings is 2. The van der Waals surface area contributed by atoms with Crippen LogP contribution < -0.4 is 15.9 Å². The van der Waals surface area contributed by atoms with Gasteiger partial charge in [0.15, 0.2) is 0 Å². The number of fused-ring (bicyclic) bond motifs is 1. The number of nitrogens with one attached hydrogen (secondary N) is 1. The summed E-state index contributed by atoms with van der Waals surface area (Å²) in [6.07, 6.45) is 0. The summed E-state index contributed by atoms with van der Waals surface area (Å²) in [5.74, 6) is 0.193. The molecule has 0 aliphatic heterocycles. The normalized spacial score (nSPS) is 10.7. The van der Waals surface area contributed by atoms with Crippen molar-refractivity contribution in [3.05, 3.63) is 78.3 Å². The fourth-order valence-corrected chi connectivity index (χ4v) is 2.98. The number of rotatable bonds is 5. The van der Waals surface area contributed by atoms with Crippen molar-refractivity contribution >= 4 is 22.6 Å². The number of hydrogen-bond donors (Lipinski definition) is 1. The highest BCUT2D eigenvalue weighted by atomic mass is 16.6. The minimum absolute atomic E-state index is 0.154. The van der Waals surface area contributed by atoms with Crippen molar-refractivity contribution in [2.24, 2.45) is 0 Å². The number of H-pyrrole nitrogens is 1. The maximum Gasteiger partial charge on any atom is 0.318 e. The summed E-state index contributed by atoms with van der Waals surface area (Å²) in [4.78, 5) is 51.5. The van der Waals surface area contributed by atoms with Gasteiger partial charge >= 0.3 is 11.1 Å². The molecule has 29 heavy (non-hydrogen) atoms. The molecule has 0 spiro atoms. The second kappa shape index (κ2) is 7.58. The zero-order valence-electron chi connectivity index (χ0n) is 16.0. The van der Waals surface area contributed by atoms with Crippen molar-refractivity contribution in [3.63, 3.8) is 0 Å². The van der Waals surface area contributed by atoms with Crippen LogP contribution in [0.2, 0.25) is 0 Å². The Morgan fingerprint density at radius 2 is 1.90 bits per heavy atom. The molecule has 0 unspecified atom stereocenters. The van der Waals surface area contributed by atoms with E-state index in [0.717, 1.165) is 4.57 Å². The molecule has 1 heterocycles. The van der Waals surface area contributed by atoms with Gasteiger partial charge in [-0.05, 0) is 37.3 Å². The molecule has 0 atom stereocenters. The topological polar surface area (TPSA) is 128 Å². The Labute approximate surface area is 164 Å². The fraction of sp³-hybridized carbons (Fsp3) is 0.211. The molecule has 3 rings (SSSR count). The minimum atomic E-state index is -0.912. The third-order valence-electron chi connectivity index (χ3n) is 4.53. The lowest BCUT2D eigenvalue weighted by molar-refractivity contribution is -0.385. The summed E-state index contributed by atoms with van der Waals surface area (Å²) in [5, 5.41) is 11.3. The van der Waals surface area contributed by atoms with Crippen LogP contribution in [-0.2, 0) is 6.67 Å². The van der Waals surface area contributed by atoms with E-state index in [9.17, 15) is 24.5 Å². The van der Waals surface area contributed by atoms with Gasteiger partial charge in [0, 0.05) is 24.2 Å². The van der Waals surface area contributed by atoms with E-state index in [1.807, 2.05) is 0 Å². The van der Waals surface area contributed by atoms with Crippen molar-refractivity contribution in [1.29, 1.82) is 0 Å². The summed E-state index contributed by atoms with van der Waals surface area (Å²) in [6.45, 7) is 1.27. The predicted molar refractivity (Wildman–Crippen MR) is 105 cm³/mol. The second-order valence-corrected chi connectivity index (χ2v) is 6.47. The molecular weight excluding hydrogens is 380 g/mol. The van der Waals surface area contributed by atoms with E-state index in [1.165, 1.54) is 38.1 Å². The average molecular weight is 398 g/mol. The molecule has 0 bridgehead atoms. The molecule has 1 aromatic heterocycles. The lowest BCUT2D eigenvalue weighted by atomic mass is 10.1. The number of nitrogens with zero attached hydrogens (tertiary/aromatic N) is 3. The number of ether oxygens (including phenoxy) is 1. The zero-order chi connectivity index (χ0) is 21.3. The molecule has 0 saturated carbocycles. The summed E-state index contributed by atoms with van der Waals surface area (Å²) in [5.41, 5.74) is -0.865. The lowest BCUT2D eigenvalue weighted by Crippen LogP contribution is -2.41. The van der Waals surface area contributed by atoms with Crippen LogP contribution in [0.5, 0.6) is 5.75 Å². The molecule has 1 N–H and O–H groups in total. The van der Waals surface area contributed by atoms with Gasteiger partial charge in [-0.25, -0.2) is 0 Å². The summed E-state index contributed by atoms with van der Waals surface area (Å²) >= 11 is 0. The maximum atomic E-state index is 12.7. The first kappa shape index (κ1) is 19.8. The van der Waals surface area contributed by atoms with E-state index in [0.29, 0.717) is 16.9 Å². The molecule has 3 aromatic rings. The summed E-state index contributed by atoms with van der Waals surface area (Å²) in [7, 11) is 2.98. The SMILES string of the molecule is COc1ccc(C(=O)N(C)Cn2c(=O)c(=O)[nH]c3cc(C)c([N+](=O)[O-])cc32)cc1. The molecule has 0 radical (unpaired) electrons. The largest absolute Gasteiger partial charge is 0.497 e. The van der Waals surface area contributed by atoms with Crippen molar-refractivity contribution in [2.45, 2.75) is 13.6 Å². The van der Waals surface area contributed by atoms with E-state index in [-0.39, 0.29) is 23.4 Å². The highest BCUT2D eigenvalue weighted by Crippen LogP contribution is 2.23. The van der Waals surface area contributed by atoms with Crippen LogP contribution in [0.1, 0.15) is 15.9 Å². The van der Waals surface area contributed by atoms with E-state index < -0.39 is 21.9 Å². The maximum absolute atomic E-state index is 12.7. The van der Waals surface area contributed by atoms with Gasteiger partial charge in [0.2, 0.25) is 0 Å². The minimum Gasteiger partial charge on any atom is -0.497 e. The lowest BCUT2D eigenvalue weighted by Gasteiger charge is -2.20. The number of carbonyl (C=O) groups is 1. The van der Waals surface area contributed by atoms with Gasteiger partial charge in [0.1, 0.15) is 12.4 Å². The van der Waals surface area contributed by atoms with E-state index >= 15 is 0 Å². The first-order chi connectivity index (χ1) is 13.7. The van der Waals surface area contributed by atoms with Gasteiger partial charge in [-0.2, -0.15) is 0 Å². The van der Waals surface area contributed by atoms with Crippen LogP contribution in [0.3, 0.4) is 0 Å². The number of hydrogen-bond acceptors (Lipinski definition) is 6. The Balaban J connectivity index is 2.05. The predicted octanol–water partition coefficient (Wildman–Crippen LogP) is 1.64. The number of aromatic amines is 1. The molecule has 0 fully saturated rings. The third-order valence-corrected chi connectivity index (χ3v) is 4.53. The first-order valence-electron chi connectivity index (χ1n) is 8.54. The molecule has 10 heteroatoms. The number of nitro benzene ring substituents is 1. The molecule has 1 amide bonds. The van der Waals surface area contributed by atoms with Crippen molar-refractivity contribution in [2.75, 3.05) is 14.2 Å². The summed E-state index contributed by atoms with van der Waals surface area (Å²) < 4.78 is 6.10. The van der Waals surface area contributed by atoms with Crippen molar-refractivity contribution in [3.8, 4) is 5.75 Å². The number of carbonyl (C=O) groups excluding carboxylic acids is 1. The number of aryl methyl sites for hydroxylation is 1. The van der Waals surface area contributed by atoms with Crippen LogP contribution >= 0.6 is 0 Å². The zero-order valence-corrected chi connectivity index (χ0v) is 16.0. The Hall–Kier alpha value is -3.95. The van der Waals surface area contributed by atoms with Crippen LogP contribution in [0, 0.1) is 17.0 Å². The van der Waals surface area contributed by atoms with Gasteiger partial charge < -0.3 is 14.6 Å². The Morgan fingerprint density at radius 3 is 2.48 bits per heavy atom. The Morgan fingerprint density at radius 1 is 1.24 bits per heavy atom. The van der Waals surface area contributed by atoms with E-state index in [2.05, 4.69) is 4.98 Å². The first-order valence-corrected chi connectivity index (χ1v) is 8.54. The molecule has 2 aromatic carbocycles. The monoisotopic (exact) mass is 398 g/mol. The van der Waals surface area contributed by atoms with Gasteiger partial charge in [0.05, 0.1) is 23.1 Å². The van der Waals surface area contributed by atoms with Gasteiger partial charge in [-0.1, -0.05) is 0 Å². The highest BCUT2D eigenvalue weighted by molar-refractivity contribution is 5.94. The quantitative estimate of drug-likeness (QED) is 0.395. The standard InChI is InChI=1S/C19H18N4O6/c1-11-8-14-16(9-15(11)23(27)28)22(19(26)17(24)20-14)10-21(2)18(25)12-4-6-13(29-3)7-5-12/h4-9H,10H2,1-3H3,(H,20,24). The van der Waals surface area contributed by atoms with E-state index in [4.69, 9.17) is 4.74 Å². The molecule has 0 aliphatic rings. The fourth-order valence-electron chi connectivity index (χ4n) is 2.98. The number of nitro groups is 1. The van der Waals surface area contributed by atoms with Crippen LogP contribution in [-0.4, -0.2) is 39.4 Å². The molecule has 0 saturated heterocycles. The Kier molecular flexibility index (Phi) is 5.18. The summed E-state index contributed by atoms with van der Waals surface area (Å²) in [6, 6.07) is 9.04. The highest BCUT2D eigenvalue weighted by Gasteiger charge is 2.19. The molecule has 0 aliphatic carbocycles.